The fourth-order valence-electron chi connectivity index (χ4n) is 2.88. The summed E-state index contributed by atoms with van der Waals surface area (Å²) in [4.78, 5) is 27.4. The van der Waals surface area contributed by atoms with Crippen LogP contribution >= 0.6 is 11.6 Å². The van der Waals surface area contributed by atoms with Crippen LogP contribution in [-0.2, 0) is 0 Å². The number of hydrogen-bond acceptors (Lipinski definition) is 3. The highest BCUT2D eigenvalue weighted by atomic mass is 35.5. The van der Waals surface area contributed by atoms with Crippen molar-refractivity contribution in [2.45, 2.75) is 13.8 Å². The van der Waals surface area contributed by atoms with E-state index < -0.39 is 0 Å². The molecule has 1 aromatic heterocycles. The van der Waals surface area contributed by atoms with Gasteiger partial charge >= 0.3 is 0 Å². The summed E-state index contributed by atoms with van der Waals surface area (Å²) < 4.78 is 1.55. The molecule has 3 aromatic rings. The van der Waals surface area contributed by atoms with E-state index >= 15 is 0 Å². The van der Waals surface area contributed by atoms with E-state index in [0.717, 1.165) is 5.69 Å². The number of amides is 2. The van der Waals surface area contributed by atoms with Crippen molar-refractivity contribution in [3.63, 3.8) is 0 Å². The zero-order valence-electron chi connectivity index (χ0n) is 15.7. The fourth-order valence-corrected chi connectivity index (χ4v) is 3.07. The molecule has 7 heteroatoms. The third-order valence-corrected chi connectivity index (χ3v) is 4.60. The molecule has 144 valence electrons. The molecule has 0 bridgehead atoms. The minimum atomic E-state index is -0.367. The number of nitrogens with one attached hydrogen (secondary N) is 1. The Bertz CT molecular complexity index is 981. The molecule has 2 aromatic carbocycles. The first-order valence-corrected chi connectivity index (χ1v) is 9.42. The Morgan fingerprint density at radius 3 is 2.43 bits per heavy atom. The van der Waals surface area contributed by atoms with Gasteiger partial charge in [-0.3, -0.25) is 9.59 Å². The van der Waals surface area contributed by atoms with E-state index in [1.165, 1.54) is 6.20 Å². The van der Waals surface area contributed by atoms with Gasteiger partial charge in [0.2, 0.25) is 0 Å². The number of benzene rings is 2. The van der Waals surface area contributed by atoms with Crippen molar-refractivity contribution < 1.29 is 9.59 Å². The lowest BCUT2D eigenvalue weighted by Crippen LogP contribution is -2.31. The maximum absolute atomic E-state index is 12.9. The standard InChI is InChI=1S/C21H21ClN4O2/c1-3-25(4-2)21(28)18-14-23-26(17-11-6-5-7-12-17)19(18)24-20(27)15-9-8-10-16(22)13-15/h5-14H,3-4H2,1-2H3,(H,24,27). The van der Waals surface area contributed by atoms with Crippen molar-refractivity contribution in [3.8, 4) is 5.69 Å². The molecule has 0 atom stereocenters. The first-order valence-electron chi connectivity index (χ1n) is 9.04. The molecule has 6 nitrogen and oxygen atoms in total. The lowest BCUT2D eigenvalue weighted by Gasteiger charge is -2.19. The van der Waals surface area contributed by atoms with Gasteiger partial charge in [-0.15, -0.1) is 0 Å². The molecule has 1 heterocycles. The van der Waals surface area contributed by atoms with E-state index in [1.54, 1.807) is 33.8 Å². The number of aromatic nitrogens is 2. The quantitative estimate of drug-likeness (QED) is 0.676. The van der Waals surface area contributed by atoms with E-state index in [0.29, 0.717) is 35.1 Å². The Balaban J connectivity index is 2.04. The molecule has 28 heavy (non-hydrogen) atoms. The highest BCUT2D eigenvalue weighted by Gasteiger charge is 2.23. The number of anilines is 1. The van der Waals surface area contributed by atoms with Crippen LogP contribution in [0, 0.1) is 0 Å². The Morgan fingerprint density at radius 2 is 1.79 bits per heavy atom. The molecule has 0 radical (unpaired) electrons. The molecule has 0 unspecified atom stereocenters. The minimum absolute atomic E-state index is 0.187. The lowest BCUT2D eigenvalue weighted by atomic mass is 10.2. The summed E-state index contributed by atoms with van der Waals surface area (Å²) in [6.07, 6.45) is 1.49. The third-order valence-electron chi connectivity index (χ3n) is 4.37. The van der Waals surface area contributed by atoms with Crippen LogP contribution in [0.25, 0.3) is 5.69 Å². The van der Waals surface area contributed by atoms with Gasteiger partial charge in [-0.2, -0.15) is 5.10 Å². The first-order chi connectivity index (χ1) is 13.5. The second-order valence-electron chi connectivity index (χ2n) is 6.10. The Kier molecular flexibility index (Phi) is 6.11. The molecule has 0 saturated carbocycles. The zero-order chi connectivity index (χ0) is 20.1. The molecule has 0 saturated heterocycles. The molecular weight excluding hydrogens is 376 g/mol. The molecule has 0 aliphatic rings. The highest BCUT2D eigenvalue weighted by Crippen LogP contribution is 2.23. The normalized spacial score (nSPS) is 10.5. The zero-order valence-corrected chi connectivity index (χ0v) is 16.5. The summed E-state index contributed by atoms with van der Waals surface area (Å²) in [5.41, 5.74) is 1.47. The van der Waals surface area contributed by atoms with Crippen molar-refractivity contribution in [3.05, 3.63) is 76.9 Å². The molecule has 0 spiro atoms. The maximum atomic E-state index is 12.9. The van der Waals surface area contributed by atoms with Gasteiger partial charge in [0, 0.05) is 23.7 Å². The van der Waals surface area contributed by atoms with Gasteiger partial charge in [0.25, 0.3) is 11.8 Å². The molecule has 0 aliphatic carbocycles. The van der Waals surface area contributed by atoms with Gasteiger partial charge in [-0.25, -0.2) is 4.68 Å². The molecule has 1 N–H and O–H groups in total. The molecule has 0 fully saturated rings. The fraction of sp³-hybridized carbons (Fsp3) is 0.190. The number of carbonyl (C=O) groups is 2. The van der Waals surface area contributed by atoms with Gasteiger partial charge in [0.15, 0.2) is 0 Å². The van der Waals surface area contributed by atoms with Crippen LogP contribution in [0.15, 0.2) is 60.8 Å². The Morgan fingerprint density at radius 1 is 1.07 bits per heavy atom. The Labute approximate surface area is 168 Å². The van der Waals surface area contributed by atoms with Crippen molar-refractivity contribution in [2.24, 2.45) is 0 Å². The number of halogens is 1. The van der Waals surface area contributed by atoms with Crippen LogP contribution < -0.4 is 5.32 Å². The number of rotatable bonds is 6. The van der Waals surface area contributed by atoms with E-state index in [1.807, 2.05) is 44.2 Å². The second-order valence-corrected chi connectivity index (χ2v) is 6.53. The van der Waals surface area contributed by atoms with Gasteiger partial charge in [0.1, 0.15) is 11.4 Å². The summed E-state index contributed by atoms with van der Waals surface area (Å²) >= 11 is 6.00. The average Bonchev–Trinajstić information content (AvgIpc) is 3.13. The van der Waals surface area contributed by atoms with Crippen LogP contribution in [0.3, 0.4) is 0 Å². The SMILES string of the molecule is CCN(CC)C(=O)c1cnn(-c2ccccc2)c1NC(=O)c1cccc(Cl)c1. The number of para-hydroxylation sites is 1. The topological polar surface area (TPSA) is 67.2 Å². The third kappa shape index (κ3) is 4.07. The number of carbonyl (C=O) groups excluding carboxylic acids is 2. The minimum Gasteiger partial charge on any atom is -0.339 e. The van der Waals surface area contributed by atoms with E-state index in [-0.39, 0.29) is 11.8 Å². The summed E-state index contributed by atoms with van der Waals surface area (Å²) in [6, 6.07) is 16.0. The smallest absolute Gasteiger partial charge is 0.259 e. The molecular formula is C21H21ClN4O2. The molecule has 3 rings (SSSR count). The summed E-state index contributed by atoms with van der Waals surface area (Å²) in [7, 11) is 0. The summed E-state index contributed by atoms with van der Waals surface area (Å²) in [6.45, 7) is 4.95. The monoisotopic (exact) mass is 396 g/mol. The van der Waals surface area contributed by atoms with Crippen LogP contribution in [0.2, 0.25) is 5.02 Å². The van der Waals surface area contributed by atoms with Gasteiger partial charge < -0.3 is 10.2 Å². The average molecular weight is 397 g/mol. The predicted octanol–water partition coefficient (Wildman–Crippen LogP) is 4.26. The predicted molar refractivity (Wildman–Crippen MR) is 110 cm³/mol. The van der Waals surface area contributed by atoms with E-state index in [9.17, 15) is 9.59 Å². The van der Waals surface area contributed by atoms with Crippen molar-refractivity contribution in [1.82, 2.24) is 14.7 Å². The maximum Gasteiger partial charge on any atom is 0.259 e. The van der Waals surface area contributed by atoms with Crippen molar-refractivity contribution in [1.29, 1.82) is 0 Å². The van der Waals surface area contributed by atoms with Gasteiger partial charge in [0.05, 0.1) is 11.9 Å². The Hall–Kier alpha value is -3.12. The van der Waals surface area contributed by atoms with Crippen LogP contribution in [0.1, 0.15) is 34.6 Å². The summed E-state index contributed by atoms with van der Waals surface area (Å²) in [5, 5.41) is 7.65. The van der Waals surface area contributed by atoms with Crippen LogP contribution in [0.5, 0.6) is 0 Å². The van der Waals surface area contributed by atoms with E-state index in [2.05, 4.69) is 10.4 Å². The lowest BCUT2D eigenvalue weighted by molar-refractivity contribution is 0.0774. The highest BCUT2D eigenvalue weighted by molar-refractivity contribution is 6.31. The molecule has 2 amide bonds. The summed E-state index contributed by atoms with van der Waals surface area (Å²) in [5.74, 6) is -0.226. The van der Waals surface area contributed by atoms with Gasteiger partial charge in [-0.1, -0.05) is 35.9 Å². The van der Waals surface area contributed by atoms with Gasteiger partial charge in [-0.05, 0) is 44.2 Å². The molecule has 0 aliphatic heterocycles. The number of nitrogens with zero attached hydrogens (tertiary/aromatic N) is 3. The van der Waals surface area contributed by atoms with Crippen LogP contribution in [-0.4, -0.2) is 39.6 Å². The number of hydrogen-bond donors (Lipinski definition) is 1. The second kappa shape index (κ2) is 8.71. The largest absolute Gasteiger partial charge is 0.339 e. The van der Waals surface area contributed by atoms with Crippen LogP contribution in [0.4, 0.5) is 5.82 Å². The first kappa shape index (κ1) is 19.6. The van der Waals surface area contributed by atoms with E-state index in [4.69, 9.17) is 11.6 Å². The van der Waals surface area contributed by atoms with Crippen molar-refractivity contribution >= 4 is 29.2 Å². The van der Waals surface area contributed by atoms with Crippen molar-refractivity contribution in [2.75, 3.05) is 18.4 Å².